The van der Waals surface area contributed by atoms with Gasteiger partial charge in [0.15, 0.2) is 0 Å². The Bertz CT molecular complexity index is 567. The van der Waals surface area contributed by atoms with Crippen LogP contribution in [0.5, 0.6) is 0 Å². The predicted molar refractivity (Wildman–Crippen MR) is 81.4 cm³/mol. The molecule has 1 N–H and O–H groups in total. The second kappa shape index (κ2) is 5.83. The molecule has 4 nitrogen and oxygen atoms in total. The van der Waals surface area contributed by atoms with E-state index in [1.165, 1.54) is 25.7 Å². The van der Waals surface area contributed by atoms with Crippen LogP contribution in [0.1, 0.15) is 32.6 Å². The Labute approximate surface area is 124 Å². The zero-order chi connectivity index (χ0) is 13.9. The van der Waals surface area contributed by atoms with Crippen LogP contribution in [-0.4, -0.2) is 20.8 Å². The molecule has 2 atom stereocenters. The Morgan fingerprint density at radius 2 is 2.30 bits per heavy atom. The molecular weight excluding hydrogens is 272 g/mol. The van der Waals surface area contributed by atoms with E-state index in [-0.39, 0.29) is 0 Å². The summed E-state index contributed by atoms with van der Waals surface area (Å²) in [5.41, 5.74) is 2.02. The number of rotatable bonds is 4. The Balaban J connectivity index is 1.83. The van der Waals surface area contributed by atoms with Gasteiger partial charge >= 0.3 is 0 Å². The van der Waals surface area contributed by atoms with Gasteiger partial charge in [-0.3, -0.25) is 0 Å². The molecule has 0 spiro atoms. The van der Waals surface area contributed by atoms with E-state index in [0.717, 1.165) is 22.3 Å². The first-order chi connectivity index (χ1) is 9.76. The van der Waals surface area contributed by atoms with E-state index in [0.29, 0.717) is 6.04 Å². The van der Waals surface area contributed by atoms with Crippen molar-refractivity contribution in [2.24, 2.45) is 5.92 Å². The maximum absolute atomic E-state index is 6.13. The van der Waals surface area contributed by atoms with Gasteiger partial charge in [-0.2, -0.15) is 5.10 Å². The fourth-order valence-electron chi connectivity index (χ4n) is 2.95. The molecule has 1 aromatic carbocycles. The lowest BCUT2D eigenvalue weighted by molar-refractivity contribution is 0.525. The van der Waals surface area contributed by atoms with E-state index in [9.17, 15) is 0 Å². The zero-order valence-corrected chi connectivity index (χ0v) is 12.3. The Hall–Kier alpha value is -1.55. The summed E-state index contributed by atoms with van der Waals surface area (Å²) in [5.74, 6) is 0.849. The molecule has 0 radical (unpaired) electrons. The first-order valence-corrected chi connectivity index (χ1v) is 7.55. The monoisotopic (exact) mass is 290 g/mol. The standard InChI is InChI=1S/C15H19ClN4/c1-2-11-3-5-13(7-11)19-14-8-12(16)4-6-15(14)20-10-17-9-18-20/h4,6,8-11,13,19H,2-3,5,7H2,1H3. The van der Waals surface area contributed by atoms with Crippen LogP contribution in [0.2, 0.25) is 5.02 Å². The third-order valence-corrected chi connectivity index (χ3v) is 4.34. The van der Waals surface area contributed by atoms with Gasteiger partial charge in [0.2, 0.25) is 0 Å². The first kappa shape index (κ1) is 13.4. The number of aromatic nitrogens is 3. The number of halogens is 1. The molecule has 1 saturated carbocycles. The molecule has 20 heavy (non-hydrogen) atoms. The molecule has 0 aliphatic heterocycles. The third kappa shape index (κ3) is 2.80. The van der Waals surface area contributed by atoms with Crippen LogP contribution < -0.4 is 5.32 Å². The highest BCUT2D eigenvalue weighted by atomic mass is 35.5. The van der Waals surface area contributed by atoms with Crippen molar-refractivity contribution < 1.29 is 0 Å². The molecule has 1 aromatic heterocycles. The summed E-state index contributed by atoms with van der Waals surface area (Å²) in [6.45, 7) is 2.27. The van der Waals surface area contributed by atoms with Gasteiger partial charge in [0.05, 0.1) is 11.4 Å². The fraction of sp³-hybridized carbons (Fsp3) is 0.467. The highest BCUT2D eigenvalue weighted by Crippen LogP contribution is 2.32. The molecule has 106 valence electrons. The summed E-state index contributed by atoms with van der Waals surface area (Å²) in [6, 6.07) is 6.36. The minimum absolute atomic E-state index is 0.528. The van der Waals surface area contributed by atoms with Crippen molar-refractivity contribution in [2.75, 3.05) is 5.32 Å². The van der Waals surface area contributed by atoms with Gasteiger partial charge in [0, 0.05) is 11.1 Å². The van der Waals surface area contributed by atoms with Crippen LogP contribution in [0.15, 0.2) is 30.9 Å². The average molecular weight is 291 g/mol. The molecule has 1 aliphatic rings. The summed E-state index contributed by atoms with van der Waals surface area (Å²) < 4.78 is 1.77. The predicted octanol–water partition coefficient (Wildman–Crippen LogP) is 3.91. The first-order valence-electron chi connectivity index (χ1n) is 7.17. The Morgan fingerprint density at radius 3 is 3.00 bits per heavy atom. The van der Waals surface area contributed by atoms with Crippen molar-refractivity contribution in [1.29, 1.82) is 0 Å². The molecule has 5 heteroatoms. The fourth-order valence-corrected chi connectivity index (χ4v) is 3.13. The van der Waals surface area contributed by atoms with Crippen LogP contribution >= 0.6 is 11.6 Å². The summed E-state index contributed by atoms with van der Waals surface area (Å²) in [4.78, 5) is 4.01. The number of benzene rings is 1. The largest absolute Gasteiger partial charge is 0.381 e. The molecule has 2 unspecified atom stereocenters. The van der Waals surface area contributed by atoms with Crippen LogP contribution in [0.4, 0.5) is 5.69 Å². The van der Waals surface area contributed by atoms with E-state index in [1.807, 2.05) is 18.2 Å². The van der Waals surface area contributed by atoms with Gasteiger partial charge < -0.3 is 5.32 Å². The number of nitrogens with one attached hydrogen (secondary N) is 1. The van der Waals surface area contributed by atoms with Gasteiger partial charge in [-0.05, 0) is 43.4 Å². The van der Waals surface area contributed by atoms with Crippen LogP contribution in [0.25, 0.3) is 5.69 Å². The lowest BCUT2D eigenvalue weighted by Gasteiger charge is -2.17. The summed E-state index contributed by atoms with van der Waals surface area (Å²) in [6.07, 6.45) is 8.29. The van der Waals surface area contributed by atoms with Gasteiger partial charge in [-0.1, -0.05) is 24.9 Å². The van der Waals surface area contributed by atoms with Crippen molar-refractivity contribution in [3.63, 3.8) is 0 Å². The van der Waals surface area contributed by atoms with E-state index in [1.54, 1.807) is 17.3 Å². The van der Waals surface area contributed by atoms with E-state index < -0.39 is 0 Å². The molecule has 2 aromatic rings. The SMILES string of the molecule is CCC1CCC(Nc2cc(Cl)ccc2-n2cncn2)C1. The van der Waals surface area contributed by atoms with Gasteiger partial charge in [0.1, 0.15) is 12.7 Å². The van der Waals surface area contributed by atoms with Crippen molar-refractivity contribution in [3.05, 3.63) is 35.9 Å². The average Bonchev–Trinajstić information content (AvgIpc) is 3.10. The van der Waals surface area contributed by atoms with Gasteiger partial charge in [-0.25, -0.2) is 9.67 Å². The lowest BCUT2D eigenvalue weighted by Crippen LogP contribution is -2.17. The van der Waals surface area contributed by atoms with E-state index in [4.69, 9.17) is 11.6 Å². The lowest BCUT2D eigenvalue weighted by atomic mass is 10.1. The molecular formula is C15H19ClN4. The van der Waals surface area contributed by atoms with Crippen molar-refractivity contribution >= 4 is 17.3 Å². The smallest absolute Gasteiger partial charge is 0.138 e. The topological polar surface area (TPSA) is 42.7 Å². The number of nitrogens with zero attached hydrogens (tertiary/aromatic N) is 3. The molecule has 1 fully saturated rings. The summed E-state index contributed by atoms with van der Waals surface area (Å²) >= 11 is 6.13. The van der Waals surface area contributed by atoms with Crippen molar-refractivity contribution in [2.45, 2.75) is 38.6 Å². The van der Waals surface area contributed by atoms with Crippen molar-refractivity contribution in [3.8, 4) is 5.69 Å². The molecule has 0 saturated heterocycles. The molecule has 1 heterocycles. The van der Waals surface area contributed by atoms with Crippen LogP contribution in [0.3, 0.4) is 0 Å². The highest BCUT2D eigenvalue weighted by Gasteiger charge is 2.24. The van der Waals surface area contributed by atoms with Crippen LogP contribution in [-0.2, 0) is 0 Å². The molecule has 0 amide bonds. The minimum atomic E-state index is 0.528. The summed E-state index contributed by atoms with van der Waals surface area (Å²) in [7, 11) is 0. The van der Waals surface area contributed by atoms with Crippen LogP contribution in [0, 0.1) is 5.92 Å². The molecule has 1 aliphatic carbocycles. The van der Waals surface area contributed by atoms with E-state index >= 15 is 0 Å². The zero-order valence-electron chi connectivity index (χ0n) is 11.6. The quantitative estimate of drug-likeness (QED) is 0.928. The maximum atomic E-state index is 6.13. The third-order valence-electron chi connectivity index (χ3n) is 4.10. The van der Waals surface area contributed by atoms with Gasteiger partial charge in [0.25, 0.3) is 0 Å². The number of hydrogen-bond donors (Lipinski definition) is 1. The second-order valence-corrected chi connectivity index (χ2v) is 5.87. The molecule has 0 bridgehead atoms. The van der Waals surface area contributed by atoms with E-state index in [2.05, 4.69) is 22.3 Å². The van der Waals surface area contributed by atoms with Gasteiger partial charge in [-0.15, -0.1) is 0 Å². The minimum Gasteiger partial charge on any atom is -0.381 e. The number of anilines is 1. The van der Waals surface area contributed by atoms with Crippen molar-refractivity contribution in [1.82, 2.24) is 14.8 Å². The Kier molecular flexibility index (Phi) is 3.92. The highest BCUT2D eigenvalue weighted by molar-refractivity contribution is 6.31. The maximum Gasteiger partial charge on any atom is 0.138 e. The molecule has 3 rings (SSSR count). The summed E-state index contributed by atoms with van der Waals surface area (Å²) in [5, 5.41) is 8.57. The number of hydrogen-bond acceptors (Lipinski definition) is 3. The normalized spacial score (nSPS) is 22.1. The second-order valence-electron chi connectivity index (χ2n) is 5.43. The Morgan fingerprint density at radius 1 is 1.40 bits per heavy atom.